The monoisotopic (exact) mass is 210 g/mol. The van der Waals surface area contributed by atoms with Crippen LogP contribution in [0, 0.1) is 20.8 Å². The maximum Gasteiger partial charge on any atom is -0.0392 e. The molecule has 1 aromatic rings. The van der Waals surface area contributed by atoms with Crippen LogP contribution in [0.4, 0.5) is 0 Å². The number of benzene rings is 1. The van der Waals surface area contributed by atoms with Crippen LogP contribution in [0.25, 0.3) is 0 Å². The van der Waals surface area contributed by atoms with E-state index in [9.17, 15) is 0 Å². The van der Waals surface area contributed by atoms with E-state index in [0.29, 0.717) is 0 Å². The Kier molecular flexibility index (Phi) is 20.6. The lowest BCUT2D eigenvalue weighted by atomic mass is 10.1. The third-order valence-electron chi connectivity index (χ3n) is 1.88. The molecule has 0 heterocycles. The Morgan fingerprint density at radius 1 is 0.600 bits per heavy atom. The van der Waals surface area contributed by atoms with Crippen molar-refractivity contribution in [1.29, 1.82) is 0 Å². The Bertz CT molecular complexity index is 191. The predicted molar refractivity (Wildman–Crippen MR) is 74.7 cm³/mol. The van der Waals surface area contributed by atoms with Crippen LogP contribution in [0.15, 0.2) is 18.2 Å². The lowest BCUT2D eigenvalue weighted by Gasteiger charge is -2.00. The molecule has 0 aliphatic rings. The number of hydrogen-bond acceptors (Lipinski definition) is 0. The second-order valence-corrected chi connectivity index (χ2v) is 2.52. The van der Waals surface area contributed by atoms with Crippen LogP contribution < -0.4 is 0 Å². The average Bonchev–Trinajstić information content (AvgIpc) is 2.34. The molecule has 0 saturated carbocycles. The number of hydrogen-bond donors (Lipinski definition) is 0. The van der Waals surface area contributed by atoms with E-state index in [1.807, 2.05) is 41.5 Å². The summed E-state index contributed by atoms with van der Waals surface area (Å²) in [6, 6.07) is 6.38. The van der Waals surface area contributed by atoms with Gasteiger partial charge in [-0.05, 0) is 37.5 Å². The molecule has 0 nitrogen and oxygen atoms in total. The molecule has 0 aromatic heterocycles. The Labute approximate surface area is 97.7 Å². The first-order valence-corrected chi connectivity index (χ1v) is 6.24. The SMILES string of the molecule is CC.CC.CC.Cc1cccc(C)c1C. The molecule has 0 aliphatic carbocycles. The molecular weight excluding hydrogens is 180 g/mol. The molecule has 90 valence electrons. The van der Waals surface area contributed by atoms with Gasteiger partial charge in [-0.1, -0.05) is 59.7 Å². The van der Waals surface area contributed by atoms with Gasteiger partial charge in [-0.3, -0.25) is 0 Å². The molecule has 0 bridgehead atoms. The third kappa shape index (κ3) is 9.52. The number of aryl methyl sites for hydroxylation is 2. The summed E-state index contributed by atoms with van der Waals surface area (Å²) in [6.45, 7) is 18.4. The van der Waals surface area contributed by atoms with Gasteiger partial charge in [0.05, 0.1) is 0 Å². The van der Waals surface area contributed by atoms with E-state index in [1.165, 1.54) is 16.7 Å². The van der Waals surface area contributed by atoms with Crippen LogP contribution in [-0.2, 0) is 0 Å². The highest BCUT2D eigenvalue weighted by Crippen LogP contribution is 2.09. The summed E-state index contributed by atoms with van der Waals surface area (Å²) < 4.78 is 0. The molecule has 0 radical (unpaired) electrons. The summed E-state index contributed by atoms with van der Waals surface area (Å²) in [5.41, 5.74) is 4.18. The fourth-order valence-electron chi connectivity index (χ4n) is 0.898. The summed E-state index contributed by atoms with van der Waals surface area (Å²) in [5, 5.41) is 0. The Balaban J connectivity index is -0.000000208. The molecule has 0 aliphatic heterocycles. The number of rotatable bonds is 0. The van der Waals surface area contributed by atoms with Crippen molar-refractivity contribution in [3.8, 4) is 0 Å². The summed E-state index contributed by atoms with van der Waals surface area (Å²) in [4.78, 5) is 0. The minimum atomic E-state index is 1.38. The van der Waals surface area contributed by atoms with Crippen molar-refractivity contribution in [3.05, 3.63) is 34.9 Å². The van der Waals surface area contributed by atoms with Crippen molar-refractivity contribution in [2.75, 3.05) is 0 Å². The zero-order chi connectivity index (χ0) is 12.9. The van der Waals surface area contributed by atoms with E-state index >= 15 is 0 Å². The van der Waals surface area contributed by atoms with Gasteiger partial charge < -0.3 is 0 Å². The van der Waals surface area contributed by atoms with Crippen molar-refractivity contribution >= 4 is 0 Å². The Morgan fingerprint density at radius 3 is 1.07 bits per heavy atom. The molecule has 1 aromatic carbocycles. The minimum Gasteiger partial charge on any atom is -0.0683 e. The first-order valence-electron chi connectivity index (χ1n) is 6.24. The van der Waals surface area contributed by atoms with Gasteiger partial charge in [-0.25, -0.2) is 0 Å². The van der Waals surface area contributed by atoms with Crippen molar-refractivity contribution in [3.63, 3.8) is 0 Å². The molecule has 0 heteroatoms. The normalized spacial score (nSPS) is 7.00. The maximum absolute atomic E-state index is 2.16. The summed E-state index contributed by atoms with van der Waals surface area (Å²) in [7, 11) is 0. The molecule has 0 amide bonds. The molecule has 1 rings (SSSR count). The van der Waals surface area contributed by atoms with Gasteiger partial charge in [-0.15, -0.1) is 0 Å². The topological polar surface area (TPSA) is 0 Å². The maximum atomic E-state index is 2.16. The van der Waals surface area contributed by atoms with Gasteiger partial charge in [0.2, 0.25) is 0 Å². The highest BCUT2D eigenvalue weighted by molar-refractivity contribution is 5.31. The highest BCUT2D eigenvalue weighted by Gasteiger charge is 1.91. The fourth-order valence-corrected chi connectivity index (χ4v) is 0.898. The van der Waals surface area contributed by atoms with E-state index < -0.39 is 0 Å². The van der Waals surface area contributed by atoms with Crippen molar-refractivity contribution in [2.45, 2.75) is 62.3 Å². The van der Waals surface area contributed by atoms with E-state index in [-0.39, 0.29) is 0 Å². The molecule has 0 atom stereocenters. The molecule has 0 spiro atoms. The van der Waals surface area contributed by atoms with Gasteiger partial charge in [0.25, 0.3) is 0 Å². The molecule has 0 unspecified atom stereocenters. The van der Waals surface area contributed by atoms with Crippen LogP contribution in [0.2, 0.25) is 0 Å². The van der Waals surface area contributed by atoms with Gasteiger partial charge in [0.1, 0.15) is 0 Å². The molecular formula is C15H30. The van der Waals surface area contributed by atoms with E-state index in [1.54, 1.807) is 0 Å². The fraction of sp³-hybridized carbons (Fsp3) is 0.600. The second kappa shape index (κ2) is 15.7. The first-order chi connectivity index (χ1) is 7.22. The van der Waals surface area contributed by atoms with Gasteiger partial charge in [0, 0.05) is 0 Å². The van der Waals surface area contributed by atoms with Gasteiger partial charge in [0.15, 0.2) is 0 Å². The largest absolute Gasteiger partial charge is 0.0683 e. The first kappa shape index (κ1) is 19.7. The molecule has 0 fully saturated rings. The Hall–Kier alpha value is -0.780. The van der Waals surface area contributed by atoms with Gasteiger partial charge >= 0.3 is 0 Å². The minimum absolute atomic E-state index is 1.38. The van der Waals surface area contributed by atoms with Crippen LogP contribution in [-0.4, -0.2) is 0 Å². The second-order valence-electron chi connectivity index (χ2n) is 2.52. The van der Waals surface area contributed by atoms with Crippen molar-refractivity contribution in [2.24, 2.45) is 0 Å². The zero-order valence-corrected chi connectivity index (χ0v) is 12.2. The summed E-state index contributed by atoms with van der Waals surface area (Å²) in [6.07, 6.45) is 0. The van der Waals surface area contributed by atoms with E-state index in [0.717, 1.165) is 0 Å². The lowest BCUT2D eigenvalue weighted by Crippen LogP contribution is -1.82. The predicted octanol–water partition coefficient (Wildman–Crippen LogP) is 5.69. The lowest BCUT2D eigenvalue weighted by molar-refractivity contribution is 1.27. The van der Waals surface area contributed by atoms with Crippen LogP contribution in [0.3, 0.4) is 0 Å². The highest BCUT2D eigenvalue weighted by atomic mass is 14.0. The molecule has 0 saturated heterocycles. The molecule has 0 N–H and O–H groups in total. The average molecular weight is 210 g/mol. The third-order valence-corrected chi connectivity index (χ3v) is 1.88. The van der Waals surface area contributed by atoms with Crippen LogP contribution >= 0.6 is 0 Å². The Morgan fingerprint density at radius 2 is 0.867 bits per heavy atom. The summed E-state index contributed by atoms with van der Waals surface area (Å²) in [5.74, 6) is 0. The van der Waals surface area contributed by atoms with Crippen molar-refractivity contribution < 1.29 is 0 Å². The summed E-state index contributed by atoms with van der Waals surface area (Å²) >= 11 is 0. The zero-order valence-electron chi connectivity index (χ0n) is 12.2. The smallest absolute Gasteiger partial charge is 0.0392 e. The van der Waals surface area contributed by atoms with E-state index in [2.05, 4.69) is 39.0 Å². The van der Waals surface area contributed by atoms with Gasteiger partial charge in [-0.2, -0.15) is 0 Å². The van der Waals surface area contributed by atoms with E-state index in [4.69, 9.17) is 0 Å². The molecule has 15 heavy (non-hydrogen) atoms. The van der Waals surface area contributed by atoms with Crippen molar-refractivity contribution in [1.82, 2.24) is 0 Å². The van der Waals surface area contributed by atoms with Crippen LogP contribution in [0.5, 0.6) is 0 Å². The van der Waals surface area contributed by atoms with Crippen LogP contribution in [0.1, 0.15) is 58.2 Å². The standard InChI is InChI=1S/C9H12.3C2H6/c1-7-5-4-6-8(2)9(7)3;3*1-2/h4-6H,1-3H3;3*1-2H3. The quantitative estimate of drug-likeness (QED) is 0.516.